The van der Waals surface area contributed by atoms with Crippen LogP contribution in [-0.4, -0.2) is 31.3 Å². The topological polar surface area (TPSA) is 75.8 Å². The highest BCUT2D eigenvalue weighted by molar-refractivity contribution is 5.68. The van der Waals surface area contributed by atoms with Gasteiger partial charge in [-0.15, -0.1) is 0 Å². The zero-order valence-corrected chi connectivity index (χ0v) is 11.1. The molecule has 3 N–H and O–H groups in total. The van der Waals surface area contributed by atoms with Gasteiger partial charge in [0.1, 0.15) is 5.75 Å². The number of carboxylic acid groups (broad SMARTS) is 1. The van der Waals surface area contributed by atoms with Crippen molar-refractivity contribution in [2.45, 2.75) is 25.3 Å². The summed E-state index contributed by atoms with van der Waals surface area (Å²) in [5.41, 5.74) is 7.81. The Morgan fingerprint density at radius 2 is 2.16 bits per heavy atom. The highest BCUT2D eigenvalue weighted by Crippen LogP contribution is 2.31. The normalized spacial score (nSPS) is 16.4. The Morgan fingerprint density at radius 3 is 2.74 bits per heavy atom. The van der Waals surface area contributed by atoms with E-state index < -0.39 is 12.0 Å². The fraction of sp³-hybridized carbons (Fsp3) is 0.500. The van der Waals surface area contributed by atoms with Crippen molar-refractivity contribution in [3.63, 3.8) is 0 Å². The summed E-state index contributed by atoms with van der Waals surface area (Å²) in [6, 6.07) is 5.28. The first-order chi connectivity index (χ1) is 9.11. The van der Waals surface area contributed by atoms with Gasteiger partial charge >= 0.3 is 5.97 Å². The molecule has 104 valence electrons. The maximum absolute atomic E-state index is 10.8. The zero-order chi connectivity index (χ0) is 13.8. The lowest BCUT2D eigenvalue weighted by Crippen LogP contribution is -2.20. The van der Waals surface area contributed by atoms with Gasteiger partial charge in [0.15, 0.2) is 0 Å². The quantitative estimate of drug-likeness (QED) is 0.847. The Hall–Kier alpha value is -1.75. The van der Waals surface area contributed by atoms with E-state index in [0.717, 1.165) is 24.3 Å². The minimum absolute atomic E-state index is 0.0974. The summed E-state index contributed by atoms with van der Waals surface area (Å²) in [6.07, 6.45) is 2.30. The zero-order valence-electron chi connectivity index (χ0n) is 11.1. The SMILES string of the molecule is COc1ccc(N2CCCC2)cc1C(N)CC(=O)O. The minimum Gasteiger partial charge on any atom is -0.496 e. The number of benzene rings is 1. The van der Waals surface area contributed by atoms with Crippen molar-refractivity contribution in [2.24, 2.45) is 5.73 Å². The maximum atomic E-state index is 10.8. The van der Waals surface area contributed by atoms with Crippen molar-refractivity contribution < 1.29 is 14.6 Å². The molecule has 0 bridgehead atoms. The fourth-order valence-corrected chi connectivity index (χ4v) is 2.48. The van der Waals surface area contributed by atoms with Gasteiger partial charge in [-0.05, 0) is 31.0 Å². The van der Waals surface area contributed by atoms with Gasteiger partial charge in [-0.2, -0.15) is 0 Å². The molecule has 0 saturated carbocycles. The minimum atomic E-state index is -0.902. The van der Waals surface area contributed by atoms with Crippen LogP contribution in [0.3, 0.4) is 0 Å². The number of anilines is 1. The molecular weight excluding hydrogens is 244 g/mol. The summed E-state index contributed by atoms with van der Waals surface area (Å²) < 4.78 is 5.27. The van der Waals surface area contributed by atoms with Crippen LogP contribution in [0.2, 0.25) is 0 Å². The van der Waals surface area contributed by atoms with E-state index in [0.29, 0.717) is 5.75 Å². The number of aliphatic carboxylic acids is 1. The number of hydrogen-bond donors (Lipinski definition) is 2. The Balaban J connectivity index is 2.27. The number of methoxy groups -OCH3 is 1. The third-order valence-electron chi connectivity index (χ3n) is 3.48. The third kappa shape index (κ3) is 3.17. The highest BCUT2D eigenvalue weighted by Gasteiger charge is 2.19. The van der Waals surface area contributed by atoms with Gasteiger partial charge in [0.05, 0.1) is 13.5 Å². The van der Waals surface area contributed by atoms with Crippen molar-refractivity contribution in [1.82, 2.24) is 0 Å². The third-order valence-corrected chi connectivity index (χ3v) is 3.48. The summed E-state index contributed by atoms with van der Waals surface area (Å²) in [4.78, 5) is 13.1. The number of rotatable bonds is 5. The molecule has 2 rings (SSSR count). The number of hydrogen-bond acceptors (Lipinski definition) is 4. The van der Waals surface area contributed by atoms with E-state index in [-0.39, 0.29) is 6.42 Å². The lowest BCUT2D eigenvalue weighted by atomic mass is 10.0. The Labute approximate surface area is 113 Å². The molecule has 1 aromatic rings. The predicted octanol–water partition coefficient (Wildman–Crippen LogP) is 1.77. The standard InChI is InChI=1S/C14H20N2O3/c1-19-13-5-4-10(16-6-2-3-7-16)8-11(13)12(15)9-14(17)18/h4-5,8,12H,2-3,6-7,9,15H2,1H3,(H,17,18). The molecule has 1 heterocycles. The van der Waals surface area contributed by atoms with Crippen LogP contribution in [0.4, 0.5) is 5.69 Å². The molecule has 0 amide bonds. The molecule has 0 aliphatic carbocycles. The molecule has 1 aliphatic rings. The first-order valence-corrected chi connectivity index (χ1v) is 6.52. The van der Waals surface area contributed by atoms with Gasteiger partial charge in [-0.3, -0.25) is 4.79 Å². The van der Waals surface area contributed by atoms with Crippen LogP contribution < -0.4 is 15.4 Å². The largest absolute Gasteiger partial charge is 0.496 e. The van der Waals surface area contributed by atoms with E-state index >= 15 is 0 Å². The summed E-state index contributed by atoms with van der Waals surface area (Å²) in [7, 11) is 1.57. The van der Waals surface area contributed by atoms with E-state index in [9.17, 15) is 4.79 Å². The van der Waals surface area contributed by atoms with E-state index in [4.69, 9.17) is 15.6 Å². The van der Waals surface area contributed by atoms with Gasteiger partial charge in [0.2, 0.25) is 0 Å². The van der Waals surface area contributed by atoms with E-state index in [2.05, 4.69) is 4.90 Å². The van der Waals surface area contributed by atoms with E-state index in [1.165, 1.54) is 12.8 Å². The Bertz CT molecular complexity index is 456. The van der Waals surface area contributed by atoms with E-state index in [1.807, 2.05) is 18.2 Å². The molecule has 1 atom stereocenters. The van der Waals surface area contributed by atoms with Crippen LogP contribution in [0.25, 0.3) is 0 Å². The first kappa shape index (κ1) is 13.7. The summed E-state index contributed by atoms with van der Waals surface area (Å²) in [5, 5.41) is 8.86. The molecule has 1 aromatic carbocycles. The van der Waals surface area contributed by atoms with Gasteiger partial charge in [-0.25, -0.2) is 0 Å². The molecule has 1 aliphatic heterocycles. The average molecular weight is 264 g/mol. The van der Waals surface area contributed by atoms with Gasteiger partial charge in [-0.1, -0.05) is 0 Å². The second kappa shape index (κ2) is 5.93. The number of nitrogens with zero attached hydrogens (tertiary/aromatic N) is 1. The predicted molar refractivity (Wildman–Crippen MR) is 73.6 cm³/mol. The number of nitrogens with two attached hydrogens (primary N) is 1. The van der Waals surface area contributed by atoms with Crippen LogP contribution in [0.5, 0.6) is 5.75 Å². The lowest BCUT2D eigenvalue weighted by molar-refractivity contribution is -0.137. The molecule has 1 saturated heterocycles. The molecule has 0 aromatic heterocycles. The number of carboxylic acids is 1. The second-order valence-electron chi connectivity index (χ2n) is 4.82. The lowest BCUT2D eigenvalue weighted by Gasteiger charge is -2.21. The molecule has 5 nitrogen and oxygen atoms in total. The fourth-order valence-electron chi connectivity index (χ4n) is 2.48. The van der Waals surface area contributed by atoms with Crippen molar-refractivity contribution in [2.75, 3.05) is 25.1 Å². The summed E-state index contributed by atoms with van der Waals surface area (Å²) in [6.45, 7) is 2.08. The van der Waals surface area contributed by atoms with Crippen LogP contribution in [0, 0.1) is 0 Å². The Morgan fingerprint density at radius 1 is 1.47 bits per heavy atom. The van der Waals surface area contributed by atoms with Crippen LogP contribution in [0.1, 0.15) is 30.9 Å². The number of carbonyl (C=O) groups is 1. The van der Waals surface area contributed by atoms with Crippen molar-refractivity contribution in [1.29, 1.82) is 0 Å². The second-order valence-corrected chi connectivity index (χ2v) is 4.82. The molecule has 5 heteroatoms. The molecule has 0 radical (unpaired) electrons. The van der Waals surface area contributed by atoms with Gasteiger partial charge in [0.25, 0.3) is 0 Å². The van der Waals surface area contributed by atoms with Crippen molar-refractivity contribution >= 4 is 11.7 Å². The smallest absolute Gasteiger partial charge is 0.305 e. The molecule has 1 unspecified atom stereocenters. The van der Waals surface area contributed by atoms with Crippen molar-refractivity contribution in [3.05, 3.63) is 23.8 Å². The maximum Gasteiger partial charge on any atom is 0.305 e. The highest BCUT2D eigenvalue weighted by atomic mass is 16.5. The van der Waals surface area contributed by atoms with E-state index in [1.54, 1.807) is 7.11 Å². The van der Waals surface area contributed by atoms with Crippen LogP contribution in [-0.2, 0) is 4.79 Å². The molecule has 19 heavy (non-hydrogen) atoms. The summed E-state index contributed by atoms with van der Waals surface area (Å²) in [5.74, 6) is -0.252. The molecular formula is C14H20N2O3. The van der Waals surface area contributed by atoms with Crippen LogP contribution in [0.15, 0.2) is 18.2 Å². The summed E-state index contributed by atoms with van der Waals surface area (Å²) >= 11 is 0. The van der Waals surface area contributed by atoms with Crippen LogP contribution >= 0.6 is 0 Å². The van der Waals surface area contributed by atoms with Gasteiger partial charge < -0.3 is 20.5 Å². The monoisotopic (exact) mass is 264 g/mol. The first-order valence-electron chi connectivity index (χ1n) is 6.52. The van der Waals surface area contributed by atoms with Crippen molar-refractivity contribution in [3.8, 4) is 5.75 Å². The Kier molecular flexibility index (Phi) is 4.27. The average Bonchev–Trinajstić information content (AvgIpc) is 2.91. The number of ether oxygens (including phenoxy) is 1. The molecule has 0 spiro atoms. The van der Waals surface area contributed by atoms with Gasteiger partial charge in [0, 0.05) is 30.4 Å². The molecule has 1 fully saturated rings.